The van der Waals surface area contributed by atoms with Gasteiger partial charge in [0.2, 0.25) is 5.91 Å². The zero-order valence-electron chi connectivity index (χ0n) is 12.1. The van der Waals surface area contributed by atoms with E-state index in [0.717, 1.165) is 17.7 Å². The molecule has 2 aromatic carbocycles. The first-order valence-electron chi connectivity index (χ1n) is 6.80. The molecular weight excluding hydrogens is 323 g/mol. The largest absolute Gasteiger partial charge is 0.323 e. The molecule has 120 valence electrons. The summed E-state index contributed by atoms with van der Waals surface area (Å²) in [6, 6.07) is 11.5. The van der Waals surface area contributed by atoms with Crippen LogP contribution in [0.3, 0.4) is 0 Å². The molecule has 0 fully saturated rings. The summed E-state index contributed by atoms with van der Waals surface area (Å²) in [6.07, 6.45) is 3.84. The molecule has 23 heavy (non-hydrogen) atoms. The van der Waals surface area contributed by atoms with Crippen LogP contribution in [0, 0.1) is 17.5 Å². The minimum atomic E-state index is -1.60. The fourth-order valence-electron chi connectivity index (χ4n) is 1.78. The standard InChI is InChI=1S/C17H14F3NOS/c18-13-8-9-14(17(20)16(13)19)21-15(22)11-23-10-4-7-12-5-2-1-3-6-12/h1-9H,10-11H2,(H,21,22)/b7-4+. The highest BCUT2D eigenvalue weighted by molar-refractivity contribution is 8.00. The summed E-state index contributed by atoms with van der Waals surface area (Å²) in [5.74, 6) is -4.08. The number of thioether (sulfide) groups is 1. The molecule has 6 heteroatoms. The first-order chi connectivity index (χ1) is 11.1. The summed E-state index contributed by atoms with van der Waals surface area (Å²) < 4.78 is 39.2. The maximum absolute atomic E-state index is 13.4. The molecule has 2 rings (SSSR count). The second-order valence-electron chi connectivity index (χ2n) is 4.60. The van der Waals surface area contributed by atoms with E-state index in [9.17, 15) is 18.0 Å². The van der Waals surface area contributed by atoms with Gasteiger partial charge in [0.15, 0.2) is 17.5 Å². The number of benzene rings is 2. The molecule has 0 aliphatic rings. The number of hydrogen-bond acceptors (Lipinski definition) is 2. The van der Waals surface area contributed by atoms with E-state index in [4.69, 9.17) is 0 Å². The molecule has 1 N–H and O–H groups in total. The van der Waals surface area contributed by atoms with E-state index in [1.165, 1.54) is 11.8 Å². The van der Waals surface area contributed by atoms with Crippen molar-refractivity contribution in [1.82, 2.24) is 0 Å². The van der Waals surface area contributed by atoms with Gasteiger partial charge < -0.3 is 5.32 Å². The van der Waals surface area contributed by atoms with Crippen LogP contribution in [0.15, 0.2) is 48.5 Å². The minimum Gasteiger partial charge on any atom is -0.323 e. The Bertz CT molecular complexity index is 704. The Morgan fingerprint density at radius 2 is 1.78 bits per heavy atom. The lowest BCUT2D eigenvalue weighted by atomic mass is 10.2. The monoisotopic (exact) mass is 337 g/mol. The van der Waals surface area contributed by atoms with Crippen molar-refractivity contribution in [3.8, 4) is 0 Å². The molecule has 0 aromatic heterocycles. The average molecular weight is 337 g/mol. The molecule has 2 nitrogen and oxygen atoms in total. The van der Waals surface area contributed by atoms with E-state index in [-0.39, 0.29) is 11.4 Å². The average Bonchev–Trinajstić information content (AvgIpc) is 2.56. The van der Waals surface area contributed by atoms with E-state index in [1.807, 2.05) is 42.5 Å². The molecule has 1 amide bonds. The number of carbonyl (C=O) groups excluding carboxylic acids is 1. The summed E-state index contributed by atoms with van der Waals surface area (Å²) in [5.41, 5.74) is 0.690. The molecule has 0 saturated heterocycles. The normalized spacial score (nSPS) is 10.9. The Kier molecular flexibility index (Phi) is 6.29. The third-order valence-corrected chi connectivity index (χ3v) is 3.76. The summed E-state index contributed by atoms with van der Waals surface area (Å²) in [7, 11) is 0. The van der Waals surface area contributed by atoms with Crippen molar-refractivity contribution < 1.29 is 18.0 Å². The molecule has 2 aromatic rings. The Labute approximate surface area is 136 Å². The summed E-state index contributed by atoms with van der Waals surface area (Å²) >= 11 is 1.32. The first kappa shape index (κ1) is 17.1. The molecule has 0 saturated carbocycles. The van der Waals surface area contributed by atoms with Crippen LogP contribution in [0.4, 0.5) is 18.9 Å². The number of anilines is 1. The van der Waals surface area contributed by atoms with E-state index >= 15 is 0 Å². The number of nitrogens with one attached hydrogen (secondary N) is 1. The number of amides is 1. The molecule has 0 spiro atoms. The SMILES string of the molecule is O=C(CSC/C=C/c1ccccc1)Nc1ccc(F)c(F)c1F. The molecule has 0 aliphatic heterocycles. The number of carbonyl (C=O) groups is 1. The van der Waals surface area contributed by atoms with Gasteiger partial charge in [0.1, 0.15) is 0 Å². The third kappa shape index (κ3) is 5.17. The van der Waals surface area contributed by atoms with Crippen molar-refractivity contribution in [2.45, 2.75) is 0 Å². The first-order valence-corrected chi connectivity index (χ1v) is 7.96. The molecule has 0 aliphatic carbocycles. The van der Waals surface area contributed by atoms with Crippen LogP contribution in [-0.2, 0) is 4.79 Å². The van der Waals surface area contributed by atoms with Crippen molar-refractivity contribution in [3.63, 3.8) is 0 Å². The summed E-state index contributed by atoms with van der Waals surface area (Å²) in [5, 5.41) is 2.22. The smallest absolute Gasteiger partial charge is 0.234 e. The van der Waals surface area contributed by atoms with Crippen LogP contribution in [0.5, 0.6) is 0 Å². The highest BCUT2D eigenvalue weighted by Crippen LogP contribution is 2.19. The quantitative estimate of drug-likeness (QED) is 0.622. The van der Waals surface area contributed by atoms with Crippen molar-refractivity contribution in [1.29, 1.82) is 0 Å². The van der Waals surface area contributed by atoms with Crippen LogP contribution in [0.2, 0.25) is 0 Å². The van der Waals surface area contributed by atoms with E-state index < -0.39 is 23.4 Å². The molecule has 0 atom stereocenters. The van der Waals surface area contributed by atoms with Gasteiger partial charge in [-0.2, -0.15) is 0 Å². The maximum atomic E-state index is 13.4. The summed E-state index contributed by atoms with van der Waals surface area (Å²) in [4.78, 5) is 11.7. The van der Waals surface area contributed by atoms with Crippen LogP contribution in [0.1, 0.15) is 5.56 Å². The van der Waals surface area contributed by atoms with E-state index in [0.29, 0.717) is 5.75 Å². The third-order valence-electron chi connectivity index (χ3n) is 2.87. The number of halogens is 3. The highest BCUT2D eigenvalue weighted by atomic mass is 32.2. The van der Waals surface area contributed by atoms with Crippen LogP contribution in [0.25, 0.3) is 6.08 Å². The Hall–Kier alpha value is -2.21. The molecule has 0 heterocycles. The van der Waals surface area contributed by atoms with Gasteiger partial charge in [0.05, 0.1) is 11.4 Å². The van der Waals surface area contributed by atoms with Gasteiger partial charge in [0.25, 0.3) is 0 Å². The zero-order chi connectivity index (χ0) is 16.7. The molecule has 0 radical (unpaired) electrons. The van der Waals surface area contributed by atoms with E-state index in [1.54, 1.807) is 0 Å². The maximum Gasteiger partial charge on any atom is 0.234 e. The predicted octanol–water partition coefficient (Wildman–Crippen LogP) is 4.49. The number of hydrogen-bond donors (Lipinski definition) is 1. The van der Waals surface area contributed by atoms with Gasteiger partial charge in [-0.25, -0.2) is 13.2 Å². The van der Waals surface area contributed by atoms with Gasteiger partial charge in [-0.3, -0.25) is 4.79 Å². The Morgan fingerprint density at radius 3 is 2.52 bits per heavy atom. The Balaban J connectivity index is 1.78. The van der Waals surface area contributed by atoms with Gasteiger partial charge in [-0.1, -0.05) is 42.5 Å². The molecule has 0 bridgehead atoms. The predicted molar refractivity (Wildman–Crippen MR) is 87.7 cm³/mol. The minimum absolute atomic E-state index is 0.0809. The van der Waals surface area contributed by atoms with Crippen molar-refractivity contribution in [3.05, 3.63) is 71.6 Å². The molecule has 0 unspecified atom stereocenters. The van der Waals surface area contributed by atoms with Gasteiger partial charge >= 0.3 is 0 Å². The van der Waals surface area contributed by atoms with Crippen LogP contribution < -0.4 is 5.32 Å². The van der Waals surface area contributed by atoms with Crippen LogP contribution >= 0.6 is 11.8 Å². The van der Waals surface area contributed by atoms with E-state index in [2.05, 4.69) is 5.32 Å². The van der Waals surface area contributed by atoms with Gasteiger partial charge in [-0.15, -0.1) is 11.8 Å². The lowest BCUT2D eigenvalue weighted by molar-refractivity contribution is -0.113. The fourth-order valence-corrected chi connectivity index (χ4v) is 2.38. The molecular formula is C17H14F3NOS. The zero-order valence-corrected chi connectivity index (χ0v) is 12.9. The summed E-state index contributed by atoms with van der Waals surface area (Å²) in [6.45, 7) is 0. The van der Waals surface area contributed by atoms with Crippen molar-refractivity contribution in [2.75, 3.05) is 16.8 Å². The van der Waals surface area contributed by atoms with Crippen molar-refractivity contribution >= 4 is 29.4 Å². The topological polar surface area (TPSA) is 29.1 Å². The van der Waals surface area contributed by atoms with Gasteiger partial charge in [0, 0.05) is 5.75 Å². The highest BCUT2D eigenvalue weighted by Gasteiger charge is 2.14. The van der Waals surface area contributed by atoms with Crippen LogP contribution in [-0.4, -0.2) is 17.4 Å². The van der Waals surface area contributed by atoms with Gasteiger partial charge in [-0.05, 0) is 17.7 Å². The lowest BCUT2D eigenvalue weighted by Crippen LogP contribution is -2.16. The van der Waals surface area contributed by atoms with Crippen molar-refractivity contribution in [2.24, 2.45) is 0 Å². The fraction of sp³-hybridized carbons (Fsp3) is 0.118. The second kappa shape index (κ2) is 8.43. The Morgan fingerprint density at radius 1 is 1.04 bits per heavy atom. The number of rotatable bonds is 6. The lowest BCUT2D eigenvalue weighted by Gasteiger charge is -2.06. The second-order valence-corrected chi connectivity index (χ2v) is 5.63.